The van der Waals surface area contributed by atoms with Gasteiger partial charge in [-0.1, -0.05) is 0 Å². The minimum absolute atomic E-state index is 0.227. The van der Waals surface area contributed by atoms with Crippen LogP contribution in [-0.4, -0.2) is 55.7 Å². The molecule has 0 saturated carbocycles. The second-order valence-corrected chi connectivity index (χ2v) is 7.18. The lowest BCUT2D eigenvalue weighted by Crippen LogP contribution is -2.20. The van der Waals surface area contributed by atoms with Crippen molar-refractivity contribution in [2.45, 2.75) is 25.1 Å². The minimum atomic E-state index is -0.886. The van der Waals surface area contributed by atoms with Crippen molar-refractivity contribution >= 4 is 19.5 Å². The fraction of sp³-hybridized carbons (Fsp3) is 1.00. The number of ether oxygens (including phenoxy) is 1. The Morgan fingerprint density at radius 1 is 1.54 bits per heavy atom. The molecular formula is C7H20O4Si2. The second kappa shape index (κ2) is 8.85. The fourth-order valence-electron chi connectivity index (χ4n) is 0.863. The van der Waals surface area contributed by atoms with Crippen LogP contribution in [0.15, 0.2) is 0 Å². The molecule has 13 heavy (non-hydrogen) atoms. The van der Waals surface area contributed by atoms with Crippen molar-refractivity contribution in [1.29, 1.82) is 0 Å². The highest BCUT2D eigenvalue weighted by molar-refractivity contribution is 6.54. The molecule has 0 bridgehead atoms. The molecule has 0 amide bonds. The third kappa shape index (κ3) is 8.60. The van der Waals surface area contributed by atoms with Crippen molar-refractivity contribution < 1.29 is 19.1 Å². The SMILES string of the molecule is C[SiH](CCCOCC(O)CO)O[SiH3]. The fourth-order valence-corrected chi connectivity index (χ4v) is 2.55. The number of aliphatic hydroxyl groups excluding tert-OH is 2. The van der Waals surface area contributed by atoms with E-state index >= 15 is 0 Å². The Kier molecular flexibility index (Phi) is 9.04. The molecule has 0 rings (SSSR count). The zero-order chi connectivity index (χ0) is 10.1. The maximum atomic E-state index is 8.93. The van der Waals surface area contributed by atoms with Crippen molar-refractivity contribution in [2.24, 2.45) is 0 Å². The van der Waals surface area contributed by atoms with E-state index in [1.54, 1.807) is 0 Å². The summed E-state index contributed by atoms with van der Waals surface area (Å²) in [6.45, 7) is 2.83. The average molecular weight is 224 g/mol. The molecule has 80 valence electrons. The molecule has 0 aliphatic rings. The summed E-state index contributed by atoms with van der Waals surface area (Å²) >= 11 is 0. The van der Waals surface area contributed by atoms with Crippen LogP contribution in [0.4, 0.5) is 0 Å². The molecule has 2 N–H and O–H groups in total. The summed E-state index contributed by atoms with van der Waals surface area (Å²) in [5.41, 5.74) is 0. The summed E-state index contributed by atoms with van der Waals surface area (Å²) in [4.78, 5) is 0. The average Bonchev–Trinajstić information content (AvgIpc) is 2.16. The highest BCUT2D eigenvalue weighted by Gasteiger charge is 2.03. The Morgan fingerprint density at radius 2 is 2.23 bits per heavy atom. The van der Waals surface area contributed by atoms with Crippen LogP contribution in [0.25, 0.3) is 0 Å². The summed E-state index contributed by atoms with van der Waals surface area (Å²) < 4.78 is 10.5. The van der Waals surface area contributed by atoms with Gasteiger partial charge in [0.15, 0.2) is 9.04 Å². The van der Waals surface area contributed by atoms with Crippen LogP contribution in [0.1, 0.15) is 6.42 Å². The van der Waals surface area contributed by atoms with Gasteiger partial charge in [0.25, 0.3) is 0 Å². The second-order valence-electron chi connectivity index (χ2n) is 3.10. The third-order valence-corrected chi connectivity index (χ3v) is 6.26. The van der Waals surface area contributed by atoms with E-state index in [0.717, 1.165) is 23.0 Å². The van der Waals surface area contributed by atoms with Crippen LogP contribution in [-0.2, 0) is 8.85 Å². The van der Waals surface area contributed by atoms with Gasteiger partial charge in [-0.05, 0) is 19.0 Å². The first kappa shape index (κ1) is 13.3. The maximum absolute atomic E-state index is 8.93. The molecule has 0 radical (unpaired) electrons. The van der Waals surface area contributed by atoms with Crippen molar-refractivity contribution in [1.82, 2.24) is 0 Å². The van der Waals surface area contributed by atoms with Crippen LogP contribution in [0.5, 0.6) is 0 Å². The first-order valence-corrected chi connectivity index (χ1v) is 7.86. The first-order chi connectivity index (χ1) is 6.20. The predicted octanol–water partition coefficient (Wildman–Crippen LogP) is -1.60. The molecule has 0 aromatic rings. The van der Waals surface area contributed by atoms with Gasteiger partial charge in [0.2, 0.25) is 0 Å². The predicted molar refractivity (Wildman–Crippen MR) is 57.4 cm³/mol. The molecule has 0 aromatic heterocycles. The molecule has 0 spiro atoms. The van der Waals surface area contributed by atoms with E-state index in [2.05, 4.69) is 6.55 Å². The quantitative estimate of drug-likeness (QED) is 0.385. The largest absolute Gasteiger partial charge is 0.466 e. The molecule has 0 aromatic carbocycles. The van der Waals surface area contributed by atoms with Crippen LogP contribution in [0, 0.1) is 0 Å². The molecule has 4 nitrogen and oxygen atoms in total. The molecular weight excluding hydrogens is 204 g/mol. The van der Waals surface area contributed by atoms with Gasteiger partial charge < -0.3 is 19.1 Å². The topological polar surface area (TPSA) is 58.9 Å². The van der Waals surface area contributed by atoms with Crippen LogP contribution in [0.3, 0.4) is 0 Å². The van der Waals surface area contributed by atoms with Crippen molar-refractivity contribution in [3.05, 3.63) is 0 Å². The number of rotatable bonds is 8. The van der Waals surface area contributed by atoms with Crippen LogP contribution >= 0.6 is 0 Å². The zero-order valence-electron chi connectivity index (χ0n) is 8.40. The van der Waals surface area contributed by atoms with E-state index in [4.69, 9.17) is 19.1 Å². The first-order valence-electron chi connectivity index (χ1n) is 4.60. The smallest absolute Gasteiger partial charge is 0.159 e. The Morgan fingerprint density at radius 3 is 2.77 bits per heavy atom. The zero-order valence-corrected chi connectivity index (χ0v) is 11.6. The van der Waals surface area contributed by atoms with Gasteiger partial charge >= 0.3 is 0 Å². The number of hydrogen-bond donors (Lipinski definition) is 2. The molecule has 6 heteroatoms. The molecule has 2 atom stereocenters. The minimum Gasteiger partial charge on any atom is -0.466 e. The van der Waals surface area contributed by atoms with Crippen molar-refractivity contribution in [3.63, 3.8) is 0 Å². The standard InChI is InChI=1S/C7H20O4Si2/c1-13(11-12)4-2-3-10-6-7(9)5-8/h7-9,13H,2-6H2,1,12H3. The highest BCUT2D eigenvalue weighted by Crippen LogP contribution is 1.98. The Balaban J connectivity index is 3.08. The van der Waals surface area contributed by atoms with Gasteiger partial charge in [0.1, 0.15) is 16.6 Å². The summed E-state index contributed by atoms with van der Waals surface area (Å²) in [6, 6.07) is 1.12. The molecule has 0 heterocycles. The lowest BCUT2D eigenvalue weighted by Gasteiger charge is -2.10. The van der Waals surface area contributed by atoms with Gasteiger partial charge in [-0.15, -0.1) is 0 Å². The molecule has 0 saturated heterocycles. The van der Waals surface area contributed by atoms with Gasteiger partial charge in [-0.3, -0.25) is 0 Å². The van der Waals surface area contributed by atoms with E-state index in [9.17, 15) is 0 Å². The van der Waals surface area contributed by atoms with Crippen LogP contribution in [0.2, 0.25) is 12.6 Å². The summed E-state index contributed by atoms with van der Waals surface area (Å²) in [5.74, 6) is 0. The monoisotopic (exact) mass is 224 g/mol. The lowest BCUT2D eigenvalue weighted by atomic mass is 10.4. The summed E-state index contributed by atoms with van der Waals surface area (Å²) in [5, 5.41) is 17.4. The molecule has 0 aliphatic heterocycles. The maximum Gasteiger partial charge on any atom is 0.159 e. The van der Waals surface area contributed by atoms with E-state index in [-0.39, 0.29) is 13.2 Å². The van der Waals surface area contributed by atoms with E-state index in [0.29, 0.717) is 6.61 Å². The number of aliphatic hydroxyl groups is 2. The van der Waals surface area contributed by atoms with Gasteiger partial charge in [0, 0.05) is 6.61 Å². The molecule has 2 unspecified atom stereocenters. The van der Waals surface area contributed by atoms with Crippen LogP contribution < -0.4 is 0 Å². The Bertz CT molecular complexity index is 103. The summed E-state index contributed by atoms with van der Waals surface area (Å²) in [7, 11) is -0.0485. The molecule has 0 aliphatic carbocycles. The van der Waals surface area contributed by atoms with E-state index in [1.165, 1.54) is 0 Å². The normalized spacial score (nSPS) is 15.9. The Labute approximate surface area is 84.1 Å². The van der Waals surface area contributed by atoms with E-state index in [1.807, 2.05) is 0 Å². The van der Waals surface area contributed by atoms with Gasteiger partial charge in [0.05, 0.1) is 13.2 Å². The van der Waals surface area contributed by atoms with Gasteiger partial charge in [-0.2, -0.15) is 0 Å². The van der Waals surface area contributed by atoms with Gasteiger partial charge in [-0.25, -0.2) is 0 Å². The highest BCUT2D eigenvalue weighted by atomic mass is 28.3. The Hall–Kier alpha value is 0.274. The number of hydrogen-bond acceptors (Lipinski definition) is 4. The molecule has 0 fully saturated rings. The lowest BCUT2D eigenvalue weighted by molar-refractivity contribution is 0.00644. The summed E-state index contributed by atoms with van der Waals surface area (Å²) in [6.07, 6.45) is 0.262. The third-order valence-electron chi connectivity index (χ3n) is 1.82. The van der Waals surface area contributed by atoms with E-state index < -0.39 is 15.1 Å². The van der Waals surface area contributed by atoms with Crippen molar-refractivity contribution in [3.8, 4) is 0 Å². The van der Waals surface area contributed by atoms with Crippen molar-refractivity contribution in [2.75, 3.05) is 19.8 Å².